The molecule has 8 rings (SSSR count). The fraction of sp³-hybridized carbons (Fsp3) is 0.524. The molecule has 134 heavy (non-hydrogen) atoms. The summed E-state index contributed by atoms with van der Waals surface area (Å²) in [4.78, 5) is 206. The van der Waals surface area contributed by atoms with E-state index < -0.39 is 190 Å². The van der Waals surface area contributed by atoms with Crippen molar-refractivity contribution in [2.75, 3.05) is 39.9 Å². The molecule has 29 heteroatoms. The van der Waals surface area contributed by atoms with E-state index in [0.29, 0.717) is 28.0 Å². The number of benzene rings is 6. The van der Waals surface area contributed by atoms with Crippen LogP contribution in [0.3, 0.4) is 0 Å². The summed E-state index contributed by atoms with van der Waals surface area (Å²) in [5.74, 6) is -13.0. The van der Waals surface area contributed by atoms with Gasteiger partial charge in [0, 0.05) is 83.0 Å². The van der Waals surface area contributed by atoms with Crippen LogP contribution in [-0.4, -0.2) is 175 Å². The number of fused-ring (bicyclic) bond motifs is 3. The van der Waals surface area contributed by atoms with Crippen molar-refractivity contribution in [3.05, 3.63) is 197 Å². The molecule has 1 aliphatic heterocycles. The summed E-state index contributed by atoms with van der Waals surface area (Å²) >= 11 is 0. The van der Waals surface area contributed by atoms with Crippen molar-refractivity contribution < 1.29 is 95.5 Å². The fourth-order valence-electron chi connectivity index (χ4n) is 16.8. The van der Waals surface area contributed by atoms with E-state index in [2.05, 4.69) is 47.9 Å². The van der Waals surface area contributed by atoms with Crippen LogP contribution in [0.4, 0.5) is 14.4 Å². The highest BCUT2D eigenvalue weighted by Gasteiger charge is 2.43. The molecular weight excluding hydrogens is 1710 g/mol. The largest absolute Gasteiger partial charge is 0.488 e. The molecule has 5 unspecified atom stereocenters. The predicted molar refractivity (Wildman–Crippen MR) is 510 cm³/mol. The minimum absolute atomic E-state index is 0.0504. The number of Topliss-reactive ketones (excluding diaryl/α,β-unsaturated/α-hetero) is 4. The molecule has 0 spiro atoms. The van der Waals surface area contributed by atoms with E-state index in [9.17, 15) is 33.6 Å². The second-order valence-electron chi connectivity index (χ2n) is 39.2. The van der Waals surface area contributed by atoms with Crippen LogP contribution in [0.15, 0.2) is 164 Å². The molecule has 6 aromatic carbocycles. The number of methoxy groups -OCH3 is 1. The number of alkyl carbamates (subject to hydrolysis) is 3. The van der Waals surface area contributed by atoms with Gasteiger partial charge in [0.05, 0.1) is 60.7 Å². The lowest BCUT2D eigenvalue weighted by atomic mass is 9.76. The van der Waals surface area contributed by atoms with Crippen LogP contribution in [0, 0.1) is 29.6 Å². The van der Waals surface area contributed by atoms with Crippen molar-refractivity contribution in [1.82, 2.24) is 47.9 Å². The number of ether oxygens (including phenoxy) is 6. The number of carbonyl (C=O) groups excluding carboxylic acids is 14. The summed E-state index contributed by atoms with van der Waals surface area (Å²) in [7, 11) is 1.20. The van der Waals surface area contributed by atoms with E-state index in [4.69, 9.17) is 28.4 Å². The minimum atomic E-state index is -1.64. The zero-order valence-electron chi connectivity index (χ0n) is 80.9. The smallest absolute Gasteiger partial charge is 0.407 e. The Morgan fingerprint density at radius 1 is 0.500 bits per heavy atom. The SMILES string of the molecule is COC(=O)C(CC(=O)[C@@H]1CCC(=O)NCCC(=O)NCCCC[C@H](NC(=O)C(CCCCNC(=O)OC(C)(C)C)CC(=O)[C@H](Cc2ccc(OC(C)(C)C)cc2)NC(=O)C(CC(=O)NC(c2ccccc2)(c2ccccc2)c2ccccc2)CC(=O)[C@H](CCCCNC(=O)OC(C)(C)C)NC(=O)OCC2c3ccccc3-c3ccccc32)C(=O)CC(C(C)OC(C)(C)C)C(=O)N1)C(C)C. The van der Waals surface area contributed by atoms with Gasteiger partial charge in [-0.2, -0.15) is 0 Å². The number of amides is 9. The molecule has 9 N–H and O–H groups in total. The average Bonchev–Trinajstić information content (AvgIpc) is 0.951. The van der Waals surface area contributed by atoms with Gasteiger partial charge in [-0.1, -0.05) is 172 Å². The third-order valence-corrected chi connectivity index (χ3v) is 23.3. The molecule has 2 aliphatic rings. The van der Waals surface area contributed by atoms with Crippen molar-refractivity contribution in [3.63, 3.8) is 0 Å². The highest BCUT2D eigenvalue weighted by Crippen LogP contribution is 2.45. The zero-order valence-corrected chi connectivity index (χ0v) is 80.9. The Labute approximate surface area is 789 Å². The molecule has 29 nitrogen and oxygen atoms in total. The first-order valence-electron chi connectivity index (χ1n) is 47.0. The number of ketones is 4. The Hall–Kier alpha value is -12.1. The Kier molecular flexibility index (Phi) is 40.6. The molecule has 1 heterocycles. The van der Waals surface area contributed by atoms with Crippen LogP contribution in [0.2, 0.25) is 0 Å². The van der Waals surface area contributed by atoms with E-state index in [1.165, 1.54) is 7.11 Å². The van der Waals surface area contributed by atoms with Gasteiger partial charge in [0.25, 0.3) is 0 Å². The van der Waals surface area contributed by atoms with E-state index in [1.54, 1.807) is 107 Å². The molecule has 1 aliphatic carbocycles. The van der Waals surface area contributed by atoms with Crippen LogP contribution in [0.5, 0.6) is 5.75 Å². The van der Waals surface area contributed by atoms with Crippen molar-refractivity contribution in [2.24, 2.45) is 29.6 Å². The highest BCUT2D eigenvalue weighted by atomic mass is 16.6. The van der Waals surface area contributed by atoms with Gasteiger partial charge in [0.15, 0.2) is 23.1 Å². The lowest BCUT2D eigenvalue weighted by molar-refractivity contribution is -0.149. The standard InChI is InChI=1S/C105H141N9O20/c1-67(2)80(97(125)129-16)64-89(117)85-53-54-91(119)107-59-55-92(120)106-56-34-31-47-83(90(118)65-81(96(124)111-85)68(3)131-101(4,5)6)110-94(122)70(36-30-33-57-108-98(126)133-103(10,11)12)61-88(116)86(60-69-49-51-75(52-50-69)132-102(7,8)9)112-95(123)71(63-93(121)114-105(72-37-20-17-21-38-72,73-39-22-18-23-40-73)74-41-24-19-25-42-74)62-87(115)84(48-32-35-58-109-99(127)134-104(13,14)15)113-100(128)130-66-82-78-45-28-26-43-76(78)77-44-27-29-46-79(77)82/h17-29,37-46,49-52,67-68,70-71,80-86H,30-36,47-48,53-66H2,1-16H3,(H,106,120)(H,107,119)(H,108,126)(H,109,127)(H,110,122)(H,111,124)(H,112,123)(H,113,128)(H,114,121)/t68?,70?,71?,80?,81?,83-,84-,85-,86-/m0/s1. The van der Waals surface area contributed by atoms with E-state index in [1.807, 2.05) is 160 Å². The normalized spacial score (nSPS) is 17.0. The molecule has 0 aromatic heterocycles. The van der Waals surface area contributed by atoms with Crippen LogP contribution >= 0.6 is 0 Å². The monoisotopic (exact) mass is 1850 g/mol. The van der Waals surface area contributed by atoms with E-state index in [-0.39, 0.29) is 135 Å². The number of hydrogen-bond donors (Lipinski definition) is 9. The lowest BCUT2D eigenvalue weighted by Crippen LogP contribution is -2.51. The van der Waals surface area contributed by atoms with Gasteiger partial charge < -0.3 is 76.3 Å². The Morgan fingerprint density at radius 2 is 1.01 bits per heavy atom. The van der Waals surface area contributed by atoms with Gasteiger partial charge in [0.2, 0.25) is 35.4 Å². The predicted octanol–water partition coefficient (Wildman–Crippen LogP) is 14.6. The van der Waals surface area contributed by atoms with Crippen molar-refractivity contribution in [2.45, 2.75) is 284 Å². The summed E-state index contributed by atoms with van der Waals surface area (Å²) in [6, 6.07) is 44.4. The number of carbonyl (C=O) groups is 14. The van der Waals surface area contributed by atoms with Gasteiger partial charge >= 0.3 is 24.2 Å². The van der Waals surface area contributed by atoms with Crippen LogP contribution < -0.4 is 52.6 Å². The number of rotatable bonds is 39. The Balaban J connectivity index is 1.21. The van der Waals surface area contributed by atoms with Crippen LogP contribution in [-0.2, 0) is 88.4 Å². The number of nitrogens with one attached hydrogen (secondary N) is 9. The van der Waals surface area contributed by atoms with Gasteiger partial charge in [0.1, 0.15) is 34.7 Å². The molecule has 9 atom stereocenters. The maximum absolute atomic E-state index is 16.4. The minimum Gasteiger partial charge on any atom is -0.488 e. The molecule has 0 radical (unpaired) electrons. The third kappa shape index (κ3) is 34.7. The first kappa shape index (κ1) is 107. The van der Waals surface area contributed by atoms with Crippen LogP contribution in [0.25, 0.3) is 11.1 Å². The number of esters is 1. The topological polar surface area (TPSA) is 403 Å². The summed E-state index contributed by atoms with van der Waals surface area (Å²) in [5.41, 5.74) is 1.58. The van der Waals surface area contributed by atoms with Crippen molar-refractivity contribution >= 4 is 82.8 Å². The second-order valence-corrected chi connectivity index (χ2v) is 39.2. The zero-order chi connectivity index (χ0) is 98.1. The van der Waals surface area contributed by atoms with Gasteiger partial charge in [-0.25, -0.2) is 14.4 Å². The van der Waals surface area contributed by atoms with Gasteiger partial charge in [-0.3, -0.25) is 52.7 Å². The second kappa shape index (κ2) is 50.8. The van der Waals surface area contributed by atoms with Crippen LogP contribution in [0.1, 0.15) is 252 Å². The van der Waals surface area contributed by atoms with Gasteiger partial charge in [-0.15, -0.1) is 0 Å². The highest BCUT2D eigenvalue weighted by molar-refractivity contribution is 5.99. The molecule has 9 amide bonds. The summed E-state index contributed by atoms with van der Waals surface area (Å²) in [6.07, 6.45) is -6.07. The van der Waals surface area contributed by atoms with Gasteiger partial charge in [-0.05, 0) is 217 Å². The van der Waals surface area contributed by atoms with E-state index in [0.717, 1.165) is 22.3 Å². The van der Waals surface area contributed by atoms with E-state index >= 15 is 33.6 Å². The first-order valence-corrected chi connectivity index (χ1v) is 47.0. The maximum Gasteiger partial charge on any atom is 0.407 e. The molecule has 6 aromatic rings. The Bertz CT molecular complexity index is 4800. The average molecular weight is 1850 g/mol. The van der Waals surface area contributed by atoms with Crippen molar-refractivity contribution in [3.8, 4) is 16.9 Å². The molecular formula is C105H141N9O20. The first-order chi connectivity index (χ1) is 63.4. The molecule has 726 valence electrons. The maximum atomic E-state index is 16.4. The Morgan fingerprint density at radius 3 is 1.54 bits per heavy atom. The van der Waals surface area contributed by atoms with Crippen molar-refractivity contribution in [1.29, 1.82) is 0 Å². The quantitative estimate of drug-likeness (QED) is 0.00749. The molecule has 0 saturated carbocycles. The molecule has 1 fully saturated rings. The summed E-state index contributed by atoms with van der Waals surface area (Å²) in [5, 5.41) is 26.0. The lowest BCUT2D eigenvalue weighted by Gasteiger charge is -2.37. The molecule has 1 saturated heterocycles. The summed E-state index contributed by atoms with van der Waals surface area (Å²) in [6.45, 7) is 26.4. The number of unbranched alkanes of at least 4 members (excludes halogenated alkanes) is 2. The number of hydrogen-bond acceptors (Lipinski definition) is 20. The summed E-state index contributed by atoms with van der Waals surface area (Å²) < 4.78 is 34.8. The molecule has 0 bridgehead atoms. The fourth-order valence-corrected chi connectivity index (χ4v) is 16.8. The third-order valence-electron chi connectivity index (χ3n) is 23.3.